The minimum atomic E-state index is -0.518. The number of anilines is 1. The summed E-state index contributed by atoms with van der Waals surface area (Å²) < 4.78 is 5.44. The number of ether oxygens (including phenoxy) is 1. The highest BCUT2D eigenvalue weighted by atomic mass is 16.6. The van der Waals surface area contributed by atoms with E-state index in [2.05, 4.69) is 11.9 Å². The molecular formula is C19H30N4O4. The minimum Gasteiger partial charge on any atom is -0.444 e. The molecule has 1 fully saturated rings. The summed E-state index contributed by atoms with van der Waals surface area (Å²) in [6, 6.07) is 3.20. The number of hydrogen-bond donors (Lipinski definition) is 0. The average molecular weight is 378 g/mol. The molecule has 0 spiro atoms. The monoisotopic (exact) mass is 378 g/mol. The van der Waals surface area contributed by atoms with E-state index in [0.29, 0.717) is 25.5 Å². The van der Waals surface area contributed by atoms with Crippen molar-refractivity contribution in [1.82, 2.24) is 9.88 Å². The molecule has 0 aliphatic carbocycles. The Morgan fingerprint density at radius 2 is 2.07 bits per heavy atom. The zero-order valence-corrected chi connectivity index (χ0v) is 16.7. The van der Waals surface area contributed by atoms with E-state index in [0.717, 1.165) is 25.7 Å². The second-order valence-corrected chi connectivity index (χ2v) is 7.85. The molecule has 1 amide bonds. The average Bonchev–Trinajstić information content (AvgIpc) is 2.61. The van der Waals surface area contributed by atoms with Gasteiger partial charge in [0.2, 0.25) is 5.82 Å². The lowest BCUT2D eigenvalue weighted by atomic mass is 10.0. The first kappa shape index (κ1) is 20.9. The number of hydrogen-bond acceptors (Lipinski definition) is 6. The minimum absolute atomic E-state index is 0.0307. The fraction of sp³-hybridized carbons (Fsp3) is 0.684. The Morgan fingerprint density at radius 3 is 2.63 bits per heavy atom. The van der Waals surface area contributed by atoms with E-state index >= 15 is 0 Å². The van der Waals surface area contributed by atoms with Crippen molar-refractivity contribution in [2.45, 2.75) is 65.0 Å². The zero-order valence-electron chi connectivity index (χ0n) is 16.7. The van der Waals surface area contributed by atoms with Crippen molar-refractivity contribution in [2.75, 3.05) is 24.5 Å². The van der Waals surface area contributed by atoms with E-state index in [1.54, 1.807) is 17.2 Å². The fourth-order valence-corrected chi connectivity index (χ4v) is 3.23. The van der Waals surface area contributed by atoms with Crippen LogP contribution in [0.2, 0.25) is 0 Å². The Morgan fingerprint density at radius 1 is 1.41 bits per heavy atom. The molecule has 0 bridgehead atoms. The Kier molecular flexibility index (Phi) is 6.98. The van der Waals surface area contributed by atoms with Crippen LogP contribution in [0.1, 0.15) is 53.4 Å². The van der Waals surface area contributed by atoms with Crippen molar-refractivity contribution in [2.24, 2.45) is 0 Å². The molecule has 2 heterocycles. The van der Waals surface area contributed by atoms with Crippen molar-refractivity contribution in [1.29, 1.82) is 0 Å². The summed E-state index contributed by atoms with van der Waals surface area (Å²) in [5.74, 6) is 0.423. The molecule has 1 aromatic heterocycles. The van der Waals surface area contributed by atoms with Crippen LogP contribution in [0.5, 0.6) is 0 Å². The van der Waals surface area contributed by atoms with Crippen LogP contribution in [0, 0.1) is 10.1 Å². The van der Waals surface area contributed by atoms with Crippen molar-refractivity contribution in [3.8, 4) is 0 Å². The number of amides is 1. The van der Waals surface area contributed by atoms with Crippen molar-refractivity contribution >= 4 is 17.6 Å². The normalized spacial score (nSPS) is 15.5. The summed E-state index contributed by atoms with van der Waals surface area (Å²) in [5.41, 5.74) is -0.487. The smallest absolute Gasteiger partial charge is 0.410 e. The largest absolute Gasteiger partial charge is 0.444 e. The molecule has 2 rings (SSSR count). The van der Waals surface area contributed by atoms with Gasteiger partial charge in [-0.05, 0) is 46.1 Å². The first-order valence-corrected chi connectivity index (χ1v) is 9.57. The molecular weight excluding hydrogens is 348 g/mol. The number of likely N-dealkylation sites (tertiary alicyclic amines) is 1. The van der Waals surface area contributed by atoms with Gasteiger partial charge in [-0.3, -0.25) is 10.1 Å². The number of aromatic nitrogens is 1. The summed E-state index contributed by atoms with van der Waals surface area (Å²) in [6.07, 6.45) is 4.68. The maximum absolute atomic E-state index is 12.3. The Bertz CT molecular complexity index is 651. The Labute approximate surface area is 160 Å². The van der Waals surface area contributed by atoms with Crippen molar-refractivity contribution in [3.05, 3.63) is 28.4 Å². The quantitative estimate of drug-likeness (QED) is 0.549. The molecule has 1 aromatic rings. The number of nitro groups is 1. The first-order valence-electron chi connectivity index (χ1n) is 9.57. The molecule has 0 N–H and O–H groups in total. The van der Waals surface area contributed by atoms with Gasteiger partial charge in [0.15, 0.2) is 0 Å². The van der Waals surface area contributed by atoms with Crippen LogP contribution in [0.15, 0.2) is 18.3 Å². The SMILES string of the molecule is CCCCN(c1ncccc1[N+](=O)[O-])C1CCN(C(=O)OC(C)(C)C)CC1. The van der Waals surface area contributed by atoms with Crippen LogP contribution in [0.3, 0.4) is 0 Å². The lowest BCUT2D eigenvalue weighted by Crippen LogP contribution is -2.48. The van der Waals surface area contributed by atoms with E-state index in [4.69, 9.17) is 4.74 Å². The van der Waals surface area contributed by atoms with Gasteiger partial charge in [-0.2, -0.15) is 0 Å². The highest BCUT2D eigenvalue weighted by Gasteiger charge is 2.32. The Balaban J connectivity index is 2.11. The van der Waals surface area contributed by atoms with Gasteiger partial charge in [0.05, 0.1) is 4.92 Å². The van der Waals surface area contributed by atoms with E-state index < -0.39 is 5.60 Å². The number of unbranched alkanes of at least 4 members (excludes halogenated alkanes) is 1. The third-order valence-corrected chi connectivity index (χ3v) is 4.54. The summed E-state index contributed by atoms with van der Waals surface area (Å²) in [4.78, 5) is 31.4. The fourth-order valence-electron chi connectivity index (χ4n) is 3.23. The maximum Gasteiger partial charge on any atom is 0.410 e. The molecule has 0 saturated carbocycles. The van der Waals surface area contributed by atoms with Crippen LogP contribution in [0.4, 0.5) is 16.3 Å². The van der Waals surface area contributed by atoms with Gasteiger partial charge >= 0.3 is 11.8 Å². The zero-order chi connectivity index (χ0) is 20.0. The second-order valence-electron chi connectivity index (χ2n) is 7.85. The van der Waals surface area contributed by atoms with Gasteiger partial charge in [0, 0.05) is 37.9 Å². The van der Waals surface area contributed by atoms with Crippen molar-refractivity contribution < 1.29 is 14.5 Å². The topological polar surface area (TPSA) is 88.8 Å². The van der Waals surface area contributed by atoms with Crippen LogP contribution >= 0.6 is 0 Å². The third-order valence-electron chi connectivity index (χ3n) is 4.54. The van der Waals surface area contributed by atoms with Crippen LogP contribution in [-0.2, 0) is 4.74 Å². The standard InChI is InChI=1S/C19H30N4O4/c1-5-6-12-22(17-16(23(25)26)8-7-11-20-17)15-9-13-21(14-10-15)18(24)27-19(2,3)4/h7-8,11,15H,5-6,9-10,12-14H2,1-4H3. The van der Waals surface area contributed by atoms with Crippen molar-refractivity contribution in [3.63, 3.8) is 0 Å². The molecule has 1 aliphatic heterocycles. The molecule has 8 heteroatoms. The lowest BCUT2D eigenvalue weighted by molar-refractivity contribution is -0.384. The number of carbonyl (C=O) groups is 1. The maximum atomic E-state index is 12.3. The van der Waals surface area contributed by atoms with E-state index in [9.17, 15) is 14.9 Å². The van der Waals surface area contributed by atoms with Crippen LogP contribution < -0.4 is 4.90 Å². The second kappa shape index (κ2) is 9.01. The number of nitrogens with zero attached hydrogens (tertiary/aromatic N) is 4. The summed E-state index contributed by atoms with van der Waals surface area (Å²) in [7, 11) is 0. The first-order chi connectivity index (χ1) is 12.7. The molecule has 0 atom stereocenters. The van der Waals surface area contributed by atoms with Gasteiger partial charge in [-0.1, -0.05) is 13.3 Å². The van der Waals surface area contributed by atoms with Gasteiger partial charge in [-0.25, -0.2) is 9.78 Å². The molecule has 0 unspecified atom stereocenters. The predicted molar refractivity (Wildman–Crippen MR) is 104 cm³/mol. The van der Waals surface area contributed by atoms with Gasteiger partial charge in [0.1, 0.15) is 5.60 Å². The summed E-state index contributed by atoms with van der Waals surface area (Å²) >= 11 is 0. The molecule has 150 valence electrons. The number of piperidine rings is 1. The molecule has 0 aromatic carbocycles. The van der Waals surface area contributed by atoms with Gasteiger partial charge < -0.3 is 14.5 Å². The molecule has 1 saturated heterocycles. The molecule has 27 heavy (non-hydrogen) atoms. The summed E-state index contributed by atoms with van der Waals surface area (Å²) in [5, 5.41) is 11.4. The van der Waals surface area contributed by atoms with Gasteiger partial charge in [-0.15, -0.1) is 0 Å². The number of carbonyl (C=O) groups excluding carboxylic acids is 1. The predicted octanol–water partition coefficient (Wildman–Crippen LogP) is 4.00. The Hall–Kier alpha value is -2.38. The lowest BCUT2D eigenvalue weighted by Gasteiger charge is -2.39. The molecule has 0 radical (unpaired) electrons. The van der Waals surface area contributed by atoms with E-state index in [1.807, 2.05) is 25.7 Å². The van der Waals surface area contributed by atoms with E-state index in [1.165, 1.54) is 6.07 Å². The number of pyridine rings is 1. The molecule has 1 aliphatic rings. The summed E-state index contributed by atoms with van der Waals surface area (Å²) in [6.45, 7) is 9.51. The van der Waals surface area contributed by atoms with E-state index in [-0.39, 0.29) is 22.7 Å². The highest BCUT2D eigenvalue weighted by Crippen LogP contribution is 2.30. The highest BCUT2D eigenvalue weighted by molar-refractivity contribution is 5.68. The molecule has 8 nitrogen and oxygen atoms in total. The van der Waals surface area contributed by atoms with Crippen LogP contribution in [0.25, 0.3) is 0 Å². The number of rotatable bonds is 6. The van der Waals surface area contributed by atoms with Gasteiger partial charge in [0.25, 0.3) is 0 Å². The van der Waals surface area contributed by atoms with Crippen LogP contribution in [-0.4, -0.2) is 52.2 Å². The third kappa shape index (κ3) is 5.80.